The van der Waals surface area contributed by atoms with E-state index in [-0.39, 0.29) is 23.1 Å². The number of nitrogens with one attached hydrogen (secondary N) is 2. The first-order chi connectivity index (χ1) is 12.5. The van der Waals surface area contributed by atoms with Gasteiger partial charge in [-0.25, -0.2) is 4.98 Å². The molecule has 0 radical (unpaired) electrons. The number of nitrogen functional groups attached to an aromatic ring is 1. The van der Waals surface area contributed by atoms with Gasteiger partial charge in [0.1, 0.15) is 23.5 Å². The smallest absolute Gasteiger partial charge is 0.288 e. The van der Waals surface area contributed by atoms with Gasteiger partial charge in [0.15, 0.2) is 5.82 Å². The third-order valence-corrected chi connectivity index (χ3v) is 3.45. The fraction of sp³-hybridized carbons (Fsp3) is 0.111. The number of benzene rings is 1. The molecule has 0 aliphatic rings. The van der Waals surface area contributed by atoms with E-state index in [2.05, 4.69) is 25.8 Å². The minimum atomic E-state index is -0.416. The molecule has 3 rings (SSSR count). The van der Waals surface area contributed by atoms with Crippen molar-refractivity contribution in [2.45, 2.75) is 13.8 Å². The number of hydrogen-bond acceptors (Lipinski definition) is 7. The van der Waals surface area contributed by atoms with Crippen molar-refractivity contribution in [1.82, 2.24) is 20.4 Å². The number of nitrogens with zero attached hydrogens (tertiary/aromatic N) is 3. The molecule has 0 atom stereocenters. The van der Waals surface area contributed by atoms with Gasteiger partial charge in [-0.1, -0.05) is 12.1 Å². The zero-order valence-electron chi connectivity index (χ0n) is 14.4. The summed E-state index contributed by atoms with van der Waals surface area (Å²) in [5.41, 5.74) is 13.8. The second kappa shape index (κ2) is 7.47. The molecule has 2 aromatic heterocycles. The van der Waals surface area contributed by atoms with Crippen molar-refractivity contribution >= 4 is 17.4 Å². The standard InChI is InChI=1S/C18H18N6O2/c1-11-7-12(2)9-13(8-11)26-18-15(19)16(21-10-22-18)23-24-17(25)14-5-3-4-6-20-14/h3-10H,19H2,1-2H3,(H,24,25)(H,21,22,23). The molecule has 0 fully saturated rings. The summed E-state index contributed by atoms with van der Waals surface area (Å²) in [6.07, 6.45) is 2.83. The number of amides is 1. The van der Waals surface area contributed by atoms with Crippen LogP contribution in [0.2, 0.25) is 0 Å². The SMILES string of the molecule is Cc1cc(C)cc(Oc2ncnc(NNC(=O)c3ccccn3)c2N)c1. The monoisotopic (exact) mass is 350 g/mol. The molecule has 132 valence electrons. The Balaban J connectivity index is 1.73. The second-order valence-corrected chi connectivity index (χ2v) is 5.66. The molecular weight excluding hydrogens is 332 g/mol. The first-order valence-electron chi connectivity index (χ1n) is 7.87. The van der Waals surface area contributed by atoms with Gasteiger partial charge in [-0.2, -0.15) is 4.98 Å². The van der Waals surface area contributed by atoms with Gasteiger partial charge in [0.2, 0.25) is 5.88 Å². The summed E-state index contributed by atoms with van der Waals surface area (Å²) in [6.45, 7) is 3.95. The maximum Gasteiger partial charge on any atom is 0.288 e. The highest BCUT2D eigenvalue weighted by molar-refractivity contribution is 5.93. The number of rotatable bonds is 5. The van der Waals surface area contributed by atoms with E-state index in [0.717, 1.165) is 11.1 Å². The summed E-state index contributed by atoms with van der Waals surface area (Å²) in [7, 11) is 0. The molecule has 0 saturated heterocycles. The predicted molar refractivity (Wildman–Crippen MR) is 97.8 cm³/mol. The molecule has 8 nitrogen and oxygen atoms in total. The van der Waals surface area contributed by atoms with Gasteiger partial charge in [-0.05, 0) is 49.2 Å². The van der Waals surface area contributed by atoms with E-state index in [1.807, 2.05) is 32.0 Å². The number of carbonyl (C=O) groups is 1. The van der Waals surface area contributed by atoms with Crippen LogP contribution in [-0.2, 0) is 0 Å². The Morgan fingerprint density at radius 1 is 1.08 bits per heavy atom. The van der Waals surface area contributed by atoms with Gasteiger partial charge in [0, 0.05) is 6.20 Å². The van der Waals surface area contributed by atoms with Crippen molar-refractivity contribution in [2.75, 3.05) is 11.2 Å². The van der Waals surface area contributed by atoms with Crippen molar-refractivity contribution < 1.29 is 9.53 Å². The van der Waals surface area contributed by atoms with Crippen LogP contribution in [0.1, 0.15) is 21.6 Å². The number of hydrogen-bond donors (Lipinski definition) is 3. The van der Waals surface area contributed by atoms with Crippen molar-refractivity contribution in [3.8, 4) is 11.6 Å². The number of aromatic nitrogens is 3. The minimum absolute atomic E-state index is 0.174. The maximum atomic E-state index is 12.0. The molecule has 0 saturated carbocycles. The summed E-state index contributed by atoms with van der Waals surface area (Å²) in [5, 5.41) is 0. The third-order valence-electron chi connectivity index (χ3n) is 3.45. The van der Waals surface area contributed by atoms with Gasteiger partial charge in [0.05, 0.1) is 0 Å². The molecule has 0 spiro atoms. The summed E-state index contributed by atoms with van der Waals surface area (Å²) in [6, 6.07) is 10.8. The number of ether oxygens (including phenoxy) is 1. The molecule has 4 N–H and O–H groups in total. The molecule has 1 aromatic carbocycles. The zero-order chi connectivity index (χ0) is 18.5. The highest BCUT2D eigenvalue weighted by atomic mass is 16.5. The summed E-state index contributed by atoms with van der Waals surface area (Å²) in [5.74, 6) is 0.625. The number of carbonyl (C=O) groups excluding carboxylic acids is 1. The van der Waals surface area contributed by atoms with E-state index in [4.69, 9.17) is 10.5 Å². The molecule has 26 heavy (non-hydrogen) atoms. The van der Waals surface area contributed by atoms with Crippen LogP contribution >= 0.6 is 0 Å². The fourth-order valence-corrected chi connectivity index (χ4v) is 2.34. The van der Waals surface area contributed by atoms with Crippen LogP contribution in [0, 0.1) is 13.8 Å². The number of hydrazine groups is 1. The van der Waals surface area contributed by atoms with Crippen molar-refractivity contribution in [2.24, 2.45) is 0 Å². The van der Waals surface area contributed by atoms with E-state index in [1.165, 1.54) is 12.5 Å². The third kappa shape index (κ3) is 4.04. The molecular formula is C18H18N6O2. The predicted octanol–water partition coefficient (Wildman–Crippen LogP) is 2.62. The minimum Gasteiger partial charge on any atom is -0.437 e. The quantitative estimate of drug-likeness (QED) is 0.606. The number of nitrogens with two attached hydrogens (primary N) is 1. The summed E-state index contributed by atoms with van der Waals surface area (Å²) >= 11 is 0. The van der Waals surface area contributed by atoms with Crippen molar-refractivity contribution in [3.63, 3.8) is 0 Å². The van der Waals surface area contributed by atoms with Crippen LogP contribution in [-0.4, -0.2) is 20.9 Å². The highest BCUT2D eigenvalue weighted by Crippen LogP contribution is 2.29. The average molecular weight is 350 g/mol. The highest BCUT2D eigenvalue weighted by Gasteiger charge is 2.12. The first kappa shape index (κ1) is 17.2. The molecule has 0 aliphatic heterocycles. The average Bonchev–Trinajstić information content (AvgIpc) is 2.62. The summed E-state index contributed by atoms with van der Waals surface area (Å²) < 4.78 is 5.76. The molecule has 8 heteroatoms. The van der Waals surface area contributed by atoms with Crippen LogP contribution in [0.25, 0.3) is 0 Å². The van der Waals surface area contributed by atoms with Crippen LogP contribution in [0.15, 0.2) is 48.9 Å². The van der Waals surface area contributed by atoms with E-state index in [0.29, 0.717) is 5.75 Å². The topological polar surface area (TPSA) is 115 Å². The Labute approximate surface area is 150 Å². The lowest BCUT2D eigenvalue weighted by molar-refractivity contribution is 0.0957. The van der Waals surface area contributed by atoms with Gasteiger partial charge < -0.3 is 10.5 Å². The van der Waals surface area contributed by atoms with Crippen LogP contribution < -0.4 is 21.3 Å². The van der Waals surface area contributed by atoms with Gasteiger partial charge in [-0.3, -0.25) is 20.6 Å². The lowest BCUT2D eigenvalue weighted by Gasteiger charge is -2.13. The van der Waals surface area contributed by atoms with Gasteiger partial charge in [-0.15, -0.1) is 0 Å². The zero-order valence-corrected chi connectivity index (χ0v) is 14.4. The normalized spacial score (nSPS) is 10.2. The van der Waals surface area contributed by atoms with Crippen LogP contribution in [0.5, 0.6) is 11.6 Å². The number of anilines is 2. The number of pyridine rings is 1. The van der Waals surface area contributed by atoms with E-state index in [1.54, 1.807) is 18.2 Å². The second-order valence-electron chi connectivity index (χ2n) is 5.66. The Hall–Kier alpha value is -3.68. The molecule has 3 aromatic rings. The Bertz CT molecular complexity index is 910. The lowest BCUT2D eigenvalue weighted by Crippen LogP contribution is -2.30. The van der Waals surface area contributed by atoms with Gasteiger partial charge in [0.25, 0.3) is 5.91 Å². The maximum absolute atomic E-state index is 12.0. The first-order valence-corrected chi connectivity index (χ1v) is 7.87. The Morgan fingerprint density at radius 2 is 1.85 bits per heavy atom. The van der Waals surface area contributed by atoms with E-state index < -0.39 is 5.91 Å². The molecule has 0 aliphatic carbocycles. The van der Waals surface area contributed by atoms with Crippen molar-refractivity contribution in [1.29, 1.82) is 0 Å². The molecule has 2 heterocycles. The lowest BCUT2D eigenvalue weighted by atomic mass is 10.1. The van der Waals surface area contributed by atoms with Crippen molar-refractivity contribution in [3.05, 3.63) is 65.7 Å². The summed E-state index contributed by atoms with van der Waals surface area (Å²) in [4.78, 5) is 24.1. The molecule has 0 unspecified atom stereocenters. The van der Waals surface area contributed by atoms with Gasteiger partial charge >= 0.3 is 0 Å². The Morgan fingerprint density at radius 3 is 2.54 bits per heavy atom. The fourth-order valence-electron chi connectivity index (χ4n) is 2.34. The molecule has 0 bridgehead atoms. The van der Waals surface area contributed by atoms with Crippen LogP contribution in [0.3, 0.4) is 0 Å². The number of aryl methyl sites for hydroxylation is 2. The largest absolute Gasteiger partial charge is 0.437 e. The molecule has 1 amide bonds. The Kier molecular flexibility index (Phi) is 4.93. The van der Waals surface area contributed by atoms with E-state index in [9.17, 15) is 4.79 Å². The van der Waals surface area contributed by atoms with E-state index >= 15 is 0 Å². The van der Waals surface area contributed by atoms with Crippen LogP contribution in [0.4, 0.5) is 11.5 Å².